The first-order valence-electron chi connectivity index (χ1n) is 8.81. The molecule has 0 atom stereocenters. The minimum atomic E-state index is -3.44. The Bertz CT molecular complexity index is 754. The third-order valence-corrected chi connectivity index (χ3v) is 7.62. The van der Waals surface area contributed by atoms with Gasteiger partial charge >= 0.3 is 0 Å². The first kappa shape index (κ1) is 18.4. The Morgan fingerprint density at radius 2 is 1.60 bits per heavy atom. The number of amides is 1. The summed E-state index contributed by atoms with van der Waals surface area (Å²) in [6, 6.07) is 4.09. The number of nitrogens with zero attached hydrogens (tertiary/aromatic N) is 2. The number of aryl methyl sites for hydroxylation is 3. The van der Waals surface area contributed by atoms with E-state index in [1.165, 1.54) is 0 Å². The molecule has 7 heteroatoms. The highest BCUT2D eigenvalue weighted by atomic mass is 32.2. The first-order valence-corrected chi connectivity index (χ1v) is 10.3. The molecule has 0 aromatic heterocycles. The molecule has 0 radical (unpaired) electrons. The number of piperidine rings is 1. The topological polar surface area (TPSA) is 83.7 Å². The molecule has 0 bridgehead atoms. The van der Waals surface area contributed by atoms with Gasteiger partial charge in [-0.25, -0.2) is 8.42 Å². The van der Waals surface area contributed by atoms with Crippen molar-refractivity contribution in [1.82, 2.24) is 9.21 Å². The zero-order valence-corrected chi connectivity index (χ0v) is 16.0. The van der Waals surface area contributed by atoms with Crippen LogP contribution in [0.1, 0.15) is 29.5 Å². The molecule has 1 amide bonds. The molecule has 2 N–H and O–H groups in total. The van der Waals surface area contributed by atoms with Gasteiger partial charge in [0.25, 0.3) is 0 Å². The Morgan fingerprint density at radius 1 is 1.08 bits per heavy atom. The Morgan fingerprint density at radius 3 is 2.08 bits per heavy atom. The Labute approximate surface area is 150 Å². The largest absolute Gasteiger partial charge is 0.369 e. The molecule has 0 unspecified atom stereocenters. The summed E-state index contributed by atoms with van der Waals surface area (Å²) >= 11 is 0. The summed E-state index contributed by atoms with van der Waals surface area (Å²) < 4.78 is 27.5. The number of benzene rings is 1. The molecule has 2 saturated heterocycles. The Hall–Kier alpha value is -1.44. The number of hydrogen-bond donors (Lipinski definition) is 1. The molecule has 6 nitrogen and oxygen atoms in total. The highest BCUT2D eigenvalue weighted by molar-refractivity contribution is 7.89. The van der Waals surface area contributed by atoms with Gasteiger partial charge in [-0.2, -0.15) is 4.31 Å². The van der Waals surface area contributed by atoms with Crippen molar-refractivity contribution in [3.05, 3.63) is 28.8 Å². The maximum absolute atomic E-state index is 13.0. The normalized spacial score (nSPS) is 21.2. The van der Waals surface area contributed by atoms with E-state index in [2.05, 4.69) is 4.90 Å². The summed E-state index contributed by atoms with van der Waals surface area (Å²) in [7, 11) is -3.44. The molecule has 2 aliphatic heterocycles. The molecule has 138 valence electrons. The molecule has 2 aliphatic rings. The maximum atomic E-state index is 13.0. The van der Waals surface area contributed by atoms with Crippen LogP contribution in [0.2, 0.25) is 0 Å². The second-order valence-corrected chi connectivity index (χ2v) is 9.29. The fourth-order valence-electron chi connectivity index (χ4n) is 4.10. The van der Waals surface area contributed by atoms with Gasteiger partial charge in [0.2, 0.25) is 15.9 Å². The van der Waals surface area contributed by atoms with Gasteiger partial charge in [0.15, 0.2) is 0 Å². The summed E-state index contributed by atoms with van der Waals surface area (Å²) in [4.78, 5) is 14.0. The Kier molecular flexibility index (Phi) is 4.92. The van der Waals surface area contributed by atoms with E-state index in [-0.39, 0.29) is 17.9 Å². The SMILES string of the molecule is Cc1cc(C)c(S(=O)(=O)N2CC(N3CCC(C(N)=O)CC3)C2)c(C)c1. The zero-order valence-electron chi connectivity index (χ0n) is 15.2. The van der Waals surface area contributed by atoms with Crippen LogP contribution in [0.25, 0.3) is 0 Å². The molecule has 0 saturated carbocycles. The van der Waals surface area contributed by atoms with Gasteiger partial charge in [-0.15, -0.1) is 0 Å². The van der Waals surface area contributed by atoms with Gasteiger partial charge in [0.05, 0.1) is 4.90 Å². The van der Waals surface area contributed by atoms with Crippen molar-refractivity contribution < 1.29 is 13.2 Å². The second kappa shape index (κ2) is 6.70. The van der Waals surface area contributed by atoms with E-state index in [0.29, 0.717) is 18.0 Å². The van der Waals surface area contributed by atoms with E-state index in [1.54, 1.807) is 4.31 Å². The highest BCUT2D eigenvalue weighted by Gasteiger charge is 2.41. The molecule has 25 heavy (non-hydrogen) atoms. The van der Waals surface area contributed by atoms with Crippen LogP contribution in [0.3, 0.4) is 0 Å². The molecule has 2 fully saturated rings. The van der Waals surface area contributed by atoms with Gasteiger partial charge in [-0.3, -0.25) is 9.69 Å². The molecule has 0 spiro atoms. The van der Waals surface area contributed by atoms with Crippen molar-refractivity contribution in [3.63, 3.8) is 0 Å². The molecular formula is C18H27N3O3S. The van der Waals surface area contributed by atoms with E-state index in [4.69, 9.17) is 5.73 Å². The fraction of sp³-hybridized carbons (Fsp3) is 0.611. The van der Waals surface area contributed by atoms with Crippen LogP contribution in [0.15, 0.2) is 17.0 Å². The lowest BCUT2D eigenvalue weighted by Crippen LogP contribution is -2.62. The molecule has 1 aromatic rings. The number of carbonyl (C=O) groups is 1. The van der Waals surface area contributed by atoms with E-state index >= 15 is 0 Å². The minimum absolute atomic E-state index is 0.0333. The van der Waals surface area contributed by atoms with E-state index in [1.807, 2.05) is 32.9 Å². The van der Waals surface area contributed by atoms with Crippen LogP contribution >= 0.6 is 0 Å². The number of nitrogens with two attached hydrogens (primary N) is 1. The van der Waals surface area contributed by atoms with Gasteiger partial charge in [0, 0.05) is 25.0 Å². The maximum Gasteiger partial charge on any atom is 0.243 e. The summed E-state index contributed by atoms with van der Waals surface area (Å²) in [5, 5.41) is 0. The van der Waals surface area contributed by atoms with Gasteiger partial charge in [-0.05, 0) is 57.8 Å². The van der Waals surface area contributed by atoms with Crippen molar-refractivity contribution >= 4 is 15.9 Å². The van der Waals surface area contributed by atoms with Crippen LogP contribution in [0, 0.1) is 26.7 Å². The monoisotopic (exact) mass is 365 g/mol. The van der Waals surface area contributed by atoms with Crippen LogP contribution in [0.5, 0.6) is 0 Å². The van der Waals surface area contributed by atoms with Gasteiger partial charge < -0.3 is 5.73 Å². The summed E-state index contributed by atoms with van der Waals surface area (Å²) in [6.07, 6.45) is 1.55. The third kappa shape index (κ3) is 3.45. The number of sulfonamides is 1. The van der Waals surface area contributed by atoms with Gasteiger partial charge in [0.1, 0.15) is 0 Å². The second-order valence-electron chi connectivity index (χ2n) is 7.42. The van der Waals surface area contributed by atoms with E-state index < -0.39 is 10.0 Å². The third-order valence-electron chi connectivity index (χ3n) is 5.48. The average Bonchev–Trinajstić information content (AvgIpc) is 2.44. The summed E-state index contributed by atoms with van der Waals surface area (Å²) in [5.74, 6) is -0.253. The average molecular weight is 365 g/mol. The number of hydrogen-bond acceptors (Lipinski definition) is 4. The molecule has 3 rings (SSSR count). The van der Waals surface area contributed by atoms with Crippen LogP contribution in [-0.4, -0.2) is 55.8 Å². The van der Waals surface area contributed by atoms with Crippen molar-refractivity contribution in [2.45, 2.75) is 44.6 Å². The smallest absolute Gasteiger partial charge is 0.243 e. The lowest BCUT2D eigenvalue weighted by molar-refractivity contribution is -0.123. The molecule has 1 aromatic carbocycles. The van der Waals surface area contributed by atoms with Crippen molar-refractivity contribution in [3.8, 4) is 0 Å². The van der Waals surface area contributed by atoms with Crippen LogP contribution < -0.4 is 5.73 Å². The van der Waals surface area contributed by atoms with Crippen molar-refractivity contribution in [2.75, 3.05) is 26.2 Å². The number of likely N-dealkylation sites (tertiary alicyclic amines) is 1. The van der Waals surface area contributed by atoms with Gasteiger partial charge in [-0.1, -0.05) is 17.7 Å². The number of primary amides is 1. The molecular weight excluding hydrogens is 338 g/mol. The quantitative estimate of drug-likeness (QED) is 0.868. The lowest BCUT2D eigenvalue weighted by Gasteiger charge is -2.46. The van der Waals surface area contributed by atoms with E-state index in [9.17, 15) is 13.2 Å². The van der Waals surface area contributed by atoms with Crippen LogP contribution in [0.4, 0.5) is 0 Å². The predicted octanol–water partition coefficient (Wildman–Crippen LogP) is 1.18. The van der Waals surface area contributed by atoms with Crippen molar-refractivity contribution in [1.29, 1.82) is 0 Å². The lowest BCUT2D eigenvalue weighted by atomic mass is 9.94. The van der Waals surface area contributed by atoms with Crippen LogP contribution in [-0.2, 0) is 14.8 Å². The highest BCUT2D eigenvalue weighted by Crippen LogP contribution is 2.31. The Balaban J connectivity index is 1.66. The fourth-order valence-corrected chi connectivity index (χ4v) is 6.02. The molecule has 0 aliphatic carbocycles. The number of rotatable bonds is 4. The first-order chi connectivity index (χ1) is 11.7. The predicted molar refractivity (Wildman–Crippen MR) is 96.7 cm³/mol. The zero-order chi connectivity index (χ0) is 18.4. The molecule has 2 heterocycles. The van der Waals surface area contributed by atoms with E-state index in [0.717, 1.165) is 42.6 Å². The minimum Gasteiger partial charge on any atom is -0.369 e. The summed E-state index contributed by atoms with van der Waals surface area (Å²) in [5.41, 5.74) is 8.07. The van der Waals surface area contributed by atoms with Crippen molar-refractivity contribution in [2.24, 2.45) is 11.7 Å². The summed E-state index contributed by atoms with van der Waals surface area (Å²) in [6.45, 7) is 8.37. The standard InChI is InChI=1S/C18H27N3O3S/c1-12-8-13(2)17(14(3)9-12)25(23,24)21-10-16(11-21)20-6-4-15(5-7-20)18(19)22/h8-9,15-16H,4-7,10-11H2,1-3H3,(H2,19,22). The number of carbonyl (C=O) groups excluding carboxylic acids is 1.